The molecule has 0 bridgehead atoms. The second-order valence-electron chi connectivity index (χ2n) is 13.4. The molecule has 0 saturated carbocycles. The molecule has 0 amide bonds. The lowest BCUT2D eigenvalue weighted by Gasteiger charge is -2.43. The van der Waals surface area contributed by atoms with E-state index in [0.29, 0.717) is 23.3 Å². The molecule has 0 aliphatic carbocycles. The van der Waals surface area contributed by atoms with E-state index < -0.39 is 17.0 Å². The summed E-state index contributed by atoms with van der Waals surface area (Å²) in [6.45, 7) is 14.2. The van der Waals surface area contributed by atoms with Crippen LogP contribution < -0.4 is 10.4 Å². The molecule has 0 spiro atoms. The van der Waals surface area contributed by atoms with Crippen LogP contribution in [0, 0.1) is 16.2 Å². The standard InChI is InChI=1S/C34H44F2O5/c1-31(2,3)23-33(7,32(4,5)6)30(38)40-20-12-18-34(35,36)17-11-19-39-26-16-15-25-21-27(24-13-9-8-10-14-24)29(37)41-28(25)22-26/h8-10,13-16,21-22H,11-12,17-20,23H2,1-7H3. The van der Waals surface area contributed by atoms with Gasteiger partial charge in [0.15, 0.2) is 0 Å². The van der Waals surface area contributed by atoms with E-state index >= 15 is 0 Å². The number of halogens is 2. The largest absolute Gasteiger partial charge is 0.493 e. The molecular weight excluding hydrogens is 526 g/mol. The van der Waals surface area contributed by atoms with Gasteiger partial charge in [-0.15, -0.1) is 0 Å². The molecule has 0 saturated heterocycles. The van der Waals surface area contributed by atoms with Crippen molar-refractivity contribution in [3.8, 4) is 16.9 Å². The van der Waals surface area contributed by atoms with Crippen LogP contribution in [0.2, 0.25) is 0 Å². The van der Waals surface area contributed by atoms with E-state index in [0.717, 1.165) is 10.9 Å². The van der Waals surface area contributed by atoms with Crippen molar-refractivity contribution in [2.24, 2.45) is 16.2 Å². The summed E-state index contributed by atoms with van der Waals surface area (Å²) in [6.07, 6.45) is 0.167. The number of esters is 1. The average molecular weight is 571 g/mol. The van der Waals surface area contributed by atoms with Crippen molar-refractivity contribution in [2.75, 3.05) is 13.2 Å². The lowest BCUT2D eigenvalue weighted by Crippen LogP contribution is -2.44. The zero-order valence-corrected chi connectivity index (χ0v) is 25.4. The maximum atomic E-state index is 14.5. The topological polar surface area (TPSA) is 65.7 Å². The zero-order chi connectivity index (χ0) is 30.5. The highest BCUT2D eigenvalue weighted by Gasteiger charge is 2.47. The van der Waals surface area contributed by atoms with Gasteiger partial charge in [0.1, 0.15) is 11.3 Å². The molecule has 0 aliphatic rings. The third-order valence-electron chi connectivity index (χ3n) is 7.66. The smallest absolute Gasteiger partial charge is 0.344 e. The monoisotopic (exact) mass is 570 g/mol. The van der Waals surface area contributed by atoms with Gasteiger partial charge in [0.25, 0.3) is 0 Å². The number of benzene rings is 2. The molecule has 3 rings (SSSR count). The lowest BCUT2D eigenvalue weighted by atomic mass is 9.61. The van der Waals surface area contributed by atoms with E-state index in [2.05, 4.69) is 20.8 Å². The van der Waals surface area contributed by atoms with Gasteiger partial charge in [0.2, 0.25) is 5.92 Å². The number of rotatable bonds is 12. The van der Waals surface area contributed by atoms with Crippen molar-refractivity contribution in [3.05, 3.63) is 65.0 Å². The van der Waals surface area contributed by atoms with E-state index in [1.807, 2.05) is 58.0 Å². The molecule has 7 heteroatoms. The Bertz CT molecular complexity index is 1370. The van der Waals surface area contributed by atoms with E-state index in [1.165, 1.54) is 0 Å². The van der Waals surface area contributed by atoms with Crippen LogP contribution >= 0.6 is 0 Å². The second kappa shape index (κ2) is 12.7. The van der Waals surface area contributed by atoms with Crippen LogP contribution in [0.4, 0.5) is 8.78 Å². The Morgan fingerprint density at radius 1 is 0.854 bits per heavy atom. The fourth-order valence-electron chi connectivity index (χ4n) is 5.01. The minimum absolute atomic E-state index is 0.0327. The SMILES string of the molecule is CC(C)(C)CC(C)(C(=O)OCCCC(F)(F)CCCOc1ccc2cc(-c3ccccc3)c(=O)oc2c1)C(C)(C)C. The number of fused-ring (bicyclic) bond motifs is 1. The molecule has 224 valence electrons. The van der Waals surface area contributed by atoms with Gasteiger partial charge < -0.3 is 13.9 Å². The van der Waals surface area contributed by atoms with Crippen molar-refractivity contribution in [2.45, 2.75) is 86.5 Å². The number of alkyl halides is 2. The Labute approximate surface area is 242 Å². The van der Waals surface area contributed by atoms with Gasteiger partial charge in [0.05, 0.1) is 24.2 Å². The fourth-order valence-corrected chi connectivity index (χ4v) is 5.01. The predicted octanol–water partition coefficient (Wildman–Crippen LogP) is 9.07. The number of hydrogen-bond donors (Lipinski definition) is 0. The Balaban J connectivity index is 1.46. The molecule has 1 unspecified atom stereocenters. The van der Waals surface area contributed by atoms with Gasteiger partial charge in [-0.2, -0.15) is 0 Å². The zero-order valence-electron chi connectivity index (χ0n) is 25.4. The fraction of sp³-hybridized carbons (Fsp3) is 0.529. The highest BCUT2D eigenvalue weighted by Crippen LogP contribution is 2.47. The number of carbonyl (C=O) groups is 1. The van der Waals surface area contributed by atoms with Gasteiger partial charge in [-0.3, -0.25) is 4.79 Å². The first-order chi connectivity index (χ1) is 19.0. The van der Waals surface area contributed by atoms with Gasteiger partial charge >= 0.3 is 11.6 Å². The second-order valence-corrected chi connectivity index (χ2v) is 13.4. The van der Waals surface area contributed by atoms with E-state index in [9.17, 15) is 18.4 Å². The highest BCUT2D eigenvalue weighted by atomic mass is 19.3. The van der Waals surface area contributed by atoms with Crippen LogP contribution in [0.1, 0.15) is 80.6 Å². The van der Waals surface area contributed by atoms with Crippen molar-refractivity contribution in [1.82, 2.24) is 0 Å². The van der Waals surface area contributed by atoms with Gasteiger partial charge in [0, 0.05) is 24.3 Å². The number of ether oxygens (including phenoxy) is 2. The van der Waals surface area contributed by atoms with Crippen molar-refractivity contribution < 1.29 is 27.5 Å². The molecule has 0 radical (unpaired) electrons. The predicted molar refractivity (Wildman–Crippen MR) is 159 cm³/mol. The minimum atomic E-state index is -2.89. The van der Waals surface area contributed by atoms with Crippen LogP contribution in [-0.2, 0) is 9.53 Å². The third-order valence-corrected chi connectivity index (χ3v) is 7.66. The summed E-state index contributed by atoms with van der Waals surface area (Å²) in [7, 11) is 0. The molecular formula is C34H44F2O5. The molecule has 0 N–H and O–H groups in total. The van der Waals surface area contributed by atoms with Gasteiger partial charge in [-0.25, -0.2) is 13.6 Å². The van der Waals surface area contributed by atoms with Crippen LogP contribution in [0.15, 0.2) is 63.8 Å². The average Bonchev–Trinajstić information content (AvgIpc) is 2.87. The normalized spacial score (nSPS) is 14.1. The number of carbonyl (C=O) groups excluding carboxylic acids is 1. The van der Waals surface area contributed by atoms with Crippen molar-refractivity contribution in [1.29, 1.82) is 0 Å². The Morgan fingerprint density at radius 3 is 2.10 bits per heavy atom. The van der Waals surface area contributed by atoms with Crippen LogP contribution in [0.3, 0.4) is 0 Å². The Morgan fingerprint density at radius 2 is 1.49 bits per heavy atom. The molecule has 1 atom stereocenters. The van der Waals surface area contributed by atoms with Crippen LogP contribution in [-0.4, -0.2) is 25.1 Å². The van der Waals surface area contributed by atoms with E-state index in [1.54, 1.807) is 24.3 Å². The van der Waals surface area contributed by atoms with Gasteiger partial charge in [-0.1, -0.05) is 71.9 Å². The van der Waals surface area contributed by atoms with E-state index in [4.69, 9.17) is 13.9 Å². The molecule has 1 aromatic heterocycles. The van der Waals surface area contributed by atoms with Crippen LogP contribution in [0.25, 0.3) is 22.1 Å². The lowest BCUT2D eigenvalue weighted by molar-refractivity contribution is -0.165. The molecule has 3 aromatic rings. The summed E-state index contributed by atoms with van der Waals surface area (Å²) >= 11 is 0. The minimum Gasteiger partial charge on any atom is -0.493 e. The summed E-state index contributed by atoms with van der Waals surface area (Å²) in [6, 6.07) is 16.1. The number of hydrogen-bond acceptors (Lipinski definition) is 5. The maximum absolute atomic E-state index is 14.5. The van der Waals surface area contributed by atoms with E-state index in [-0.39, 0.29) is 55.7 Å². The van der Waals surface area contributed by atoms with Crippen molar-refractivity contribution >= 4 is 16.9 Å². The summed E-state index contributed by atoms with van der Waals surface area (Å²) < 4.78 is 45.7. The van der Waals surface area contributed by atoms with Crippen LogP contribution in [0.5, 0.6) is 5.75 Å². The summed E-state index contributed by atoms with van der Waals surface area (Å²) in [5.41, 5.74) is 0.0235. The summed E-state index contributed by atoms with van der Waals surface area (Å²) in [4.78, 5) is 25.5. The first kappa shape index (κ1) is 32.3. The first-order valence-corrected chi connectivity index (χ1v) is 14.3. The first-order valence-electron chi connectivity index (χ1n) is 14.3. The molecule has 5 nitrogen and oxygen atoms in total. The Kier molecular flexibility index (Phi) is 10.0. The highest BCUT2D eigenvalue weighted by molar-refractivity contribution is 5.82. The van der Waals surface area contributed by atoms with Crippen molar-refractivity contribution in [3.63, 3.8) is 0 Å². The third kappa shape index (κ3) is 8.88. The maximum Gasteiger partial charge on any atom is 0.344 e. The molecule has 41 heavy (non-hydrogen) atoms. The summed E-state index contributed by atoms with van der Waals surface area (Å²) in [5, 5.41) is 0.740. The molecule has 0 aliphatic heterocycles. The Hall–Kier alpha value is -3.22. The molecule has 1 heterocycles. The van der Waals surface area contributed by atoms with Gasteiger partial charge in [-0.05, 0) is 60.8 Å². The quantitative estimate of drug-likeness (QED) is 0.123. The molecule has 0 fully saturated rings. The molecule has 2 aromatic carbocycles. The summed E-state index contributed by atoms with van der Waals surface area (Å²) in [5.74, 6) is -2.78.